The van der Waals surface area contributed by atoms with Crippen molar-refractivity contribution in [1.29, 1.82) is 0 Å². The Balaban J connectivity index is 1.83. The lowest BCUT2D eigenvalue weighted by Gasteiger charge is -2.07. The molecule has 1 saturated carbocycles. The van der Waals surface area contributed by atoms with Gasteiger partial charge >= 0.3 is 0 Å². The summed E-state index contributed by atoms with van der Waals surface area (Å²) in [7, 11) is 0. The van der Waals surface area contributed by atoms with Crippen LogP contribution in [0.2, 0.25) is 0 Å². The molecule has 0 aliphatic heterocycles. The van der Waals surface area contributed by atoms with Crippen molar-refractivity contribution < 1.29 is 0 Å². The third-order valence-corrected chi connectivity index (χ3v) is 4.44. The normalized spacial score (nSPS) is 17.9. The molecule has 1 aromatic carbocycles. The predicted molar refractivity (Wildman–Crippen MR) is 68.8 cm³/mol. The van der Waals surface area contributed by atoms with Gasteiger partial charge in [0.25, 0.3) is 0 Å². The highest BCUT2D eigenvalue weighted by Gasteiger charge is 2.37. The summed E-state index contributed by atoms with van der Waals surface area (Å²) >= 11 is 1.58. The van der Waals surface area contributed by atoms with Crippen molar-refractivity contribution in [1.82, 2.24) is 4.37 Å². The molecule has 1 heterocycles. The van der Waals surface area contributed by atoms with E-state index in [1.165, 1.54) is 28.5 Å². The molecule has 2 aromatic rings. The Bertz CT molecular complexity index is 526. The maximum Gasteiger partial charge on any atom is 0.0589 e. The van der Waals surface area contributed by atoms with Crippen LogP contribution in [-0.2, 0) is 6.42 Å². The van der Waals surface area contributed by atoms with Crippen LogP contribution < -0.4 is 5.73 Å². The van der Waals surface area contributed by atoms with Crippen LogP contribution in [-0.4, -0.2) is 9.91 Å². The Labute approximate surface area is 99.6 Å². The number of hydrogen-bond acceptors (Lipinski definition) is 3. The molecule has 84 valence electrons. The summed E-state index contributed by atoms with van der Waals surface area (Å²) in [5, 5.41) is 1.31. The summed E-state index contributed by atoms with van der Waals surface area (Å²) in [6, 6.07) is 6.68. The van der Waals surface area contributed by atoms with Gasteiger partial charge in [-0.05, 0) is 61.8 Å². The first kappa shape index (κ1) is 10.2. The van der Waals surface area contributed by atoms with Gasteiger partial charge in [0.15, 0.2) is 0 Å². The van der Waals surface area contributed by atoms with Crippen molar-refractivity contribution in [3.63, 3.8) is 0 Å². The van der Waals surface area contributed by atoms with Crippen LogP contribution in [0.15, 0.2) is 18.2 Å². The summed E-state index contributed by atoms with van der Waals surface area (Å²) in [4.78, 5) is 0. The number of rotatable bonds is 3. The molecule has 1 aromatic heterocycles. The standard InChI is InChI=1S/C13H16N2S/c1-9-11-8-10(2-3-12(11)16-15-9)4-5-13(14)6-7-13/h2-3,8H,4-7,14H2,1H3. The Morgan fingerprint density at radius 1 is 1.44 bits per heavy atom. The maximum absolute atomic E-state index is 6.11. The third kappa shape index (κ3) is 1.85. The van der Waals surface area contributed by atoms with Crippen molar-refractivity contribution in [2.24, 2.45) is 5.73 Å². The van der Waals surface area contributed by atoms with Gasteiger partial charge < -0.3 is 5.73 Å². The van der Waals surface area contributed by atoms with E-state index in [1.54, 1.807) is 11.5 Å². The predicted octanol–water partition coefficient (Wildman–Crippen LogP) is 3.03. The second kappa shape index (κ2) is 3.54. The summed E-state index contributed by atoms with van der Waals surface area (Å²) in [5.74, 6) is 0. The van der Waals surface area contributed by atoms with Crippen LogP contribution in [0.25, 0.3) is 10.1 Å². The third-order valence-electron chi connectivity index (χ3n) is 3.52. The van der Waals surface area contributed by atoms with Crippen LogP contribution in [0.1, 0.15) is 30.5 Å². The van der Waals surface area contributed by atoms with Gasteiger partial charge in [-0.1, -0.05) is 6.07 Å². The molecule has 3 heteroatoms. The Morgan fingerprint density at radius 2 is 2.25 bits per heavy atom. The van der Waals surface area contributed by atoms with E-state index in [4.69, 9.17) is 5.73 Å². The minimum Gasteiger partial charge on any atom is -0.325 e. The summed E-state index contributed by atoms with van der Waals surface area (Å²) < 4.78 is 5.66. The Hall–Kier alpha value is -0.930. The molecule has 0 amide bonds. The van der Waals surface area contributed by atoms with E-state index in [0.29, 0.717) is 0 Å². The van der Waals surface area contributed by atoms with Crippen molar-refractivity contribution >= 4 is 21.6 Å². The lowest BCUT2D eigenvalue weighted by molar-refractivity contribution is 0.609. The van der Waals surface area contributed by atoms with Crippen molar-refractivity contribution in [3.05, 3.63) is 29.5 Å². The van der Waals surface area contributed by atoms with Crippen LogP contribution in [0.4, 0.5) is 0 Å². The van der Waals surface area contributed by atoms with Gasteiger partial charge in [0, 0.05) is 10.9 Å². The number of aryl methyl sites for hydroxylation is 2. The number of hydrogen-bond donors (Lipinski definition) is 1. The molecule has 0 bridgehead atoms. The highest BCUT2D eigenvalue weighted by atomic mass is 32.1. The fourth-order valence-electron chi connectivity index (χ4n) is 2.07. The smallest absolute Gasteiger partial charge is 0.0589 e. The van der Waals surface area contributed by atoms with E-state index in [1.807, 2.05) is 0 Å². The summed E-state index contributed by atoms with van der Waals surface area (Å²) in [6.45, 7) is 2.08. The molecular weight excluding hydrogens is 216 g/mol. The van der Waals surface area contributed by atoms with Gasteiger partial charge in [-0.15, -0.1) is 0 Å². The highest BCUT2D eigenvalue weighted by Crippen LogP contribution is 2.36. The zero-order valence-electron chi connectivity index (χ0n) is 9.49. The van der Waals surface area contributed by atoms with E-state index >= 15 is 0 Å². The van der Waals surface area contributed by atoms with E-state index in [2.05, 4.69) is 29.5 Å². The average molecular weight is 232 g/mol. The maximum atomic E-state index is 6.11. The van der Waals surface area contributed by atoms with Gasteiger partial charge in [0.1, 0.15) is 0 Å². The molecule has 3 rings (SSSR count). The Morgan fingerprint density at radius 3 is 3.00 bits per heavy atom. The van der Waals surface area contributed by atoms with Crippen molar-refractivity contribution in [2.75, 3.05) is 0 Å². The minimum absolute atomic E-state index is 0.164. The quantitative estimate of drug-likeness (QED) is 0.883. The monoisotopic (exact) mass is 232 g/mol. The number of benzene rings is 1. The lowest BCUT2D eigenvalue weighted by atomic mass is 10.0. The molecule has 1 fully saturated rings. The average Bonchev–Trinajstić information content (AvgIpc) is 2.92. The van der Waals surface area contributed by atoms with Crippen LogP contribution in [0.5, 0.6) is 0 Å². The van der Waals surface area contributed by atoms with E-state index in [0.717, 1.165) is 18.5 Å². The van der Waals surface area contributed by atoms with E-state index in [9.17, 15) is 0 Å². The highest BCUT2D eigenvalue weighted by molar-refractivity contribution is 7.13. The molecular formula is C13H16N2S. The van der Waals surface area contributed by atoms with Gasteiger partial charge in [-0.2, -0.15) is 4.37 Å². The molecule has 2 nitrogen and oxygen atoms in total. The molecule has 0 atom stereocenters. The fraction of sp³-hybridized carbons (Fsp3) is 0.462. The summed E-state index contributed by atoms with van der Waals surface area (Å²) in [6.07, 6.45) is 4.62. The van der Waals surface area contributed by atoms with Gasteiger partial charge in [0.2, 0.25) is 0 Å². The van der Waals surface area contributed by atoms with Gasteiger partial charge in [-0.25, -0.2) is 0 Å². The second-order valence-corrected chi connectivity index (χ2v) is 5.77. The molecule has 1 aliphatic rings. The molecule has 0 unspecified atom stereocenters. The zero-order chi connectivity index (χ0) is 11.2. The first-order chi connectivity index (χ1) is 7.66. The van der Waals surface area contributed by atoms with Crippen LogP contribution in [0.3, 0.4) is 0 Å². The number of fused-ring (bicyclic) bond motifs is 1. The Kier molecular flexibility index (Phi) is 2.26. The zero-order valence-corrected chi connectivity index (χ0v) is 10.3. The first-order valence-corrected chi connectivity index (χ1v) is 6.57. The van der Waals surface area contributed by atoms with Gasteiger partial charge in [-0.3, -0.25) is 0 Å². The molecule has 1 aliphatic carbocycles. The van der Waals surface area contributed by atoms with Crippen molar-refractivity contribution in [3.8, 4) is 0 Å². The molecule has 0 spiro atoms. The second-order valence-electron chi connectivity index (χ2n) is 4.96. The largest absolute Gasteiger partial charge is 0.325 e. The number of aromatic nitrogens is 1. The molecule has 0 radical (unpaired) electrons. The van der Waals surface area contributed by atoms with E-state index in [-0.39, 0.29) is 5.54 Å². The number of nitrogens with two attached hydrogens (primary N) is 1. The molecule has 2 N–H and O–H groups in total. The molecule has 0 saturated heterocycles. The van der Waals surface area contributed by atoms with Crippen LogP contribution in [0, 0.1) is 6.92 Å². The fourth-order valence-corrected chi connectivity index (χ4v) is 2.83. The van der Waals surface area contributed by atoms with Crippen LogP contribution >= 0.6 is 11.5 Å². The lowest BCUT2D eigenvalue weighted by Crippen LogP contribution is -2.22. The van der Waals surface area contributed by atoms with E-state index < -0.39 is 0 Å². The van der Waals surface area contributed by atoms with Gasteiger partial charge in [0.05, 0.1) is 10.4 Å². The summed E-state index contributed by atoms with van der Waals surface area (Å²) in [5.41, 5.74) is 8.81. The minimum atomic E-state index is 0.164. The van der Waals surface area contributed by atoms with Crippen molar-refractivity contribution in [2.45, 2.75) is 38.1 Å². The topological polar surface area (TPSA) is 38.9 Å². The number of nitrogens with zero attached hydrogens (tertiary/aromatic N) is 1. The first-order valence-electron chi connectivity index (χ1n) is 5.80. The SMILES string of the molecule is Cc1nsc2ccc(CCC3(N)CC3)cc12. The molecule has 16 heavy (non-hydrogen) atoms.